The van der Waals surface area contributed by atoms with E-state index in [1.807, 2.05) is 12.1 Å². The second-order valence-electron chi connectivity index (χ2n) is 3.97. The average molecular weight is 260 g/mol. The first-order chi connectivity index (χ1) is 9.19. The molecule has 0 aliphatic heterocycles. The van der Waals surface area contributed by atoms with Crippen LogP contribution in [0.1, 0.15) is 11.1 Å². The van der Waals surface area contributed by atoms with Gasteiger partial charge in [0.05, 0.1) is 6.33 Å². The van der Waals surface area contributed by atoms with Crippen molar-refractivity contribution in [2.24, 2.45) is 0 Å². The number of halogens is 3. The number of hydrogen-bond donors (Lipinski definition) is 0. The summed E-state index contributed by atoms with van der Waals surface area (Å²) in [4.78, 5) is 0. The summed E-state index contributed by atoms with van der Waals surface area (Å²) in [5.74, 6) is 0. The van der Waals surface area contributed by atoms with Gasteiger partial charge in [0.15, 0.2) is 0 Å². The minimum absolute atomic E-state index is 0.459. The summed E-state index contributed by atoms with van der Waals surface area (Å²) in [7, 11) is 0. The minimum atomic E-state index is -1.71. The van der Waals surface area contributed by atoms with Crippen LogP contribution in [0.3, 0.4) is 0 Å². The van der Waals surface area contributed by atoms with E-state index in [2.05, 4.69) is 0 Å². The fraction of sp³-hybridized carbons (Fsp3) is 0. The van der Waals surface area contributed by atoms with E-state index in [9.17, 15) is 13.2 Å². The zero-order valence-electron chi connectivity index (χ0n) is 9.98. The van der Waals surface area contributed by atoms with E-state index in [1.54, 1.807) is 36.4 Å². The van der Waals surface area contributed by atoms with Crippen LogP contribution in [0.5, 0.6) is 0 Å². The van der Waals surface area contributed by atoms with Crippen molar-refractivity contribution in [2.75, 3.05) is 0 Å². The van der Waals surface area contributed by atoms with E-state index in [4.69, 9.17) is 0 Å². The number of benzene rings is 2. The second-order valence-corrected chi connectivity index (χ2v) is 3.97. The quantitative estimate of drug-likeness (QED) is 0.680. The average Bonchev–Trinajstić information content (AvgIpc) is 2.40. The molecule has 2 aromatic carbocycles. The van der Waals surface area contributed by atoms with Gasteiger partial charge in [0, 0.05) is 6.08 Å². The lowest BCUT2D eigenvalue weighted by Crippen LogP contribution is -1.79. The van der Waals surface area contributed by atoms with Gasteiger partial charge in [0.25, 0.3) is 6.08 Å². The first-order valence-electron chi connectivity index (χ1n) is 5.69. The van der Waals surface area contributed by atoms with Crippen LogP contribution in [0, 0.1) is 0 Å². The van der Waals surface area contributed by atoms with Gasteiger partial charge in [0.1, 0.15) is 0 Å². The largest absolute Gasteiger partial charge is 0.270 e. The van der Waals surface area contributed by atoms with E-state index in [0.29, 0.717) is 11.9 Å². The van der Waals surface area contributed by atoms with Gasteiger partial charge in [-0.1, -0.05) is 48.5 Å². The van der Waals surface area contributed by atoms with Gasteiger partial charge in [-0.2, -0.15) is 8.78 Å². The molecule has 0 aliphatic carbocycles. The highest BCUT2D eigenvalue weighted by atomic mass is 19.3. The van der Waals surface area contributed by atoms with Gasteiger partial charge < -0.3 is 0 Å². The van der Waals surface area contributed by atoms with Crippen LogP contribution in [-0.2, 0) is 0 Å². The summed E-state index contributed by atoms with van der Waals surface area (Å²) in [5.41, 5.74) is 3.10. The monoisotopic (exact) mass is 260 g/mol. The standard InChI is InChI=1S/C16H11F3/c17-10-9-12-1-5-14(6-2-12)15-7-3-13(4-8-15)11-16(18)19/h1-11H. The fourth-order valence-corrected chi connectivity index (χ4v) is 1.76. The Morgan fingerprint density at radius 2 is 1.21 bits per heavy atom. The predicted molar refractivity (Wildman–Crippen MR) is 72.2 cm³/mol. The molecule has 0 bridgehead atoms. The van der Waals surface area contributed by atoms with Crippen LogP contribution >= 0.6 is 0 Å². The molecule has 96 valence electrons. The highest BCUT2D eigenvalue weighted by Crippen LogP contribution is 2.21. The predicted octanol–water partition coefficient (Wildman–Crippen LogP) is 5.53. The molecule has 0 heterocycles. The molecule has 0 radical (unpaired) electrons. The molecular weight excluding hydrogens is 249 g/mol. The molecule has 2 rings (SSSR count). The fourth-order valence-electron chi connectivity index (χ4n) is 1.76. The molecule has 0 fully saturated rings. The first kappa shape index (κ1) is 13.1. The maximum atomic E-state index is 12.1. The van der Waals surface area contributed by atoms with Gasteiger partial charge >= 0.3 is 0 Å². The molecule has 0 aliphatic rings. The highest BCUT2D eigenvalue weighted by molar-refractivity contribution is 5.67. The Labute approximate surface area is 109 Å². The maximum Gasteiger partial charge on any atom is 0.270 e. The summed E-state index contributed by atoms with van der Waals surface area (Å²) >= 11 is 0. The van der Waals surface area contributed by atoms with Crippen molar-refractivity contribution in [3.8, 4) is 11.1 Å². The van der Waals surface area contributed by atoms with Crippen LogP contribution < -0.4 is 0 Å². The van der Waals surface area contributed by atoms with E-state index >= 15 is 0 Å². The van der Waals surface area contributed by atoms with E-state index in [0.717, 1.165) is 22.8 Å². The van der Waals surface area contributed by atoms with Gasteiger partial charge in [-0.25, -0.2) is 4.39 Å². The summed E-state index contributed by atoms with van der Waals surface area (Å²) in [6.07, 6.45) is 0.956. The lowest BCUT2D eigenvalue weighted by Gasteiger charge is -2.03. The van der Waals surface area contributed by atoms with Crippen molar-refractivity contribution in [3.05, 3.63) is 72.1 Å². The van der Waals surface area contributed by atoms with Crippen molar-refractivity contribution in [3.63, 3.8) is 0 Å². The zero-order valence-corrected chi connectivity index (χ0v) is 9.98. The van der Waals surface area contributed by atoms with Crippen LogP contribution in [0.25, 0.3) is 23.3 Å². The van der Waals surface area contributed by atoms with Crippen LogP contribution in [0.4, 0.5) is 13.2 Å². The Balaban J connectivity index is 2.24. The van der Waals surface area contributed by atoms with Gasteiger partial charge in [-0.05, 0) is 28.3 Å². The number of hydrogen-bond acceptors (Lipinski definition) is 0. The third-order valence-electron chi connectivity index (χ3n) is 2.69. The van der Waals surface area contributed by atoms with Crippen molar-refractivity contribution in [2.45, 2.75) is 0 Å². The summed E-state index contributed by atoms with van der Waals surface area (Å²) in [6, 6.07) is 14.1. The van der Waals surface area contributed by atoms with E-state index in [1.165, 1.54) is 6.08 Å². The second kappa shape index (κ2) is 6.05. The van der Waals surface area contributed by atoms with Crippen molar-refractivity contribution in [1.82, 2.24) is 0 Å². The minimum Gasteiger partial charge on any atom is -0.216 e. The molecule has 0 saturated carbocycles. The SMILES string of the molecule is FC=Cc1ccc(-c2ccc(C=C(F)F)cc2)cc1. The smallest absolute Gasteiger partial charge is 0.216 e. The first-order valence-corrected chi connectivity index (χ1v) is 5.69. The van der Waals surface area contributed by atoms with Crippen molar-refractivity contribution < 1.29 is 13.2 Å². The topological polar surface area (TPSA) is 0 Å². The Morgan fingerprint density at radius 3 is 1.63 bits per heavy atom. The highest BCUT2D eigenvalue weighted by Gasteiger charge is 1.98. The Kier molecular flexibility index (Phi) is 4.18. The van der Waals surface area contributed by atoms with Crippen LogP contribution in [0.2, 0.25) is 0 Å². The molecule has 0 N–H and O–H groups in total. The molecular formula is C16H11F3. The van der Waals surface area contributed by atoms with Crippen LogP contribution in [-0.4, -0.2) is 0 Å². The Bertz CT molecular complexity index is 589. The van der Waals surface area contributed by atoms with Gasteiger partial charge in [-0.15, -0.1) is 0 Å². The third-order valence-corrected chi connectivity index (χ3v) is 2.69. The van der Waals surface area contributed by atoms with E-state index in [-0.39, 0.29) is 0 Å². The molecule has 0 nitrogen and oxygen atoms in total. The maximum absolute atomic E-state index is 12.1. The Hall–Kier alpha value is -2.29. The lowest BCUT2D eigenvalue weighted by atomic mass is 10.0. The third kappa shape index (κ3) is 3.58. The van der Waals surface area contributed by atoms with E-state index < -0.39 is 6.08 Å². The normalized spacial score (nSPS) is 10.7. The number of rotatable bonds is 3. The lowest BCUT2D eigenvalue weighted by molar-refractivity contribution is 0.429. The van der Waals surface area contributed by atoms with Gasteiger partial charge in [0.2, 0.25) is 0 Å². The summed E-state index contributed by atoms with van der Waals surface area (Å²) in [6.45, 7) is 0. The summed E-state index contributed by atoms with van der Waals surface area (Å²) < 4.78 is 36.2. The molecule has 0 amide bonds. The molecule has 19 heavy (non-hydrogen) atoms. The van der Waals surface area contributed by atoms with Gasteiger partial charge in [-0.3, -0.25) is 0 Å². The molecule has 3 heteroatoms. The molecule has 0 unspecified atom stereocenters. The van der Waals surface area contributed by atoms with Crippen molar-refractivity contribution >= 4 is 12.2 Å². The zero-order chi connectivity index (χ0) is 13.7. The summed E-state index contributed by atoms with van der Waals surface area (Å²) in [5, 5.41) is 0. The molecule has 0 spiro atoms. The molecule has 0 saturated heterocycles. The van der Waals surface area contributed by atoms with Crippen LogP contribution in [0.15, 0.2) is 60.9 Å². The molecule has 2 aromatic rings. The molecule has 0 atom stereocenters. The Morgan fingerprint density at radius 1 is 0.737 bits per heavy atom. The van der Waals surface area contributed by atoms with Crippen molar-refractivity contribution in [1.29, 1.82) is 0 Å². The molecule has 0 aromatic heterocycles.